The lowest BCUT2D eigenvalue weighted by Gasteiger charge is -2.04. The SMILES string of the molecule is O=c1oc2ccc3ccccc3c2cc1-c1csc(Nc2ccccc2)n1. The first-order chi connectivity index (χ1) is 13.3. The van der Waals surface area contributed by atoms with E-state index in [1.54, 1.807) is 0 Å². The Bertz CT molecular complexity index is 1320. The van der Waals surface area contributed by atoms with Crippen molar-refractivity contribution >= 4 is 43.9 Å². The van der Waals surface area contributed by atoms with Gasteiger partial charge >= 0.3 is 5.63 Å². The van der Waals surface area contributed by atoms with Gasteiger partial charge in [-0.15, -0.1) is 11.3 Å². The fourth-order valence-electron chi connectivity index (χ4n) is 3.15. The van der Waals surface area contributed by atoms with Gasteiger partial charge in [-0.1, -0.05) is 48.5 Å². The quantitative estimate of drug-likeness (QED) is 0.321. The van der Waals surface area contributed by atoms with Crippen molar-refractivity contribution in [1.82, 2.24) is 4.98 Å². The van der Waals surface area contributed by atoms with Gasteiger partial charge in [0.05, 0.1) is 11.3 Å². The van der Waals surface area contributed by atoms with Crippen LogP contribution in [0.4, 0.5) is 10.8 Å². The molecule has 0 radical (unpaired) electrons. The molecule has 5 rings (SSSR count). The predicted octanol–water partition coefficient (Wildman–Crippen LogP) is 5.81. The molecule has 0 spiro atoms. The van der Waals surface area contributed by atoms with Gasteiger partial charge in [-0.25, -0.2) is 9.78 Å². The molecule has 0 saturated carbocycles. The number of rotatable bonds is 3. The van der Waals surface area contributed by atoms with Gasteiger partial charge in [0.2, 0.25) is 0 Å². The van der Waals surface area contributed by atoms with Crippen molar-refractivity contribution in [3.8, 4) is 11.3 Å². The van der Waals surface area contributed by atoms with Crippen LogP contribution < -0.4 is 10.9 Å². The molecule has 0 aliphatic heterocycles. The summed E-state index contributed by atoms with van der Waals surface area (Å²) >= 11 is 1.45. The highest BCUT2D eigenvalue weighted by molar-refractivity contribution is 7.14. The van der Waals surface area contributed by atoms with Crippen molar-refractivity contribution in [3.63, 3.8) is 0 Å². The van der Waals surface area contributed by atoms with E-state index in [0.717, 1.165) is 27.0 Å². The van der Waals surface area contributed by atoms with Crippen molar-refractivity contribution in [3.05, 3.63) is 88.6 Å². The summed E-state index contributed by atoms with van der Waals surface area (Å²) in [5.41, 5.74) is 2.24. The molecule has 0 fully saturated rings. The molecule has 0 bridgehead atoms. The van der Waals surface area contributed by atoms with E-state index < -0.39 is 0 Å². The number of fused-ring (bicyclic) bond motifs is 3. The number of aromatic nitrogens is 1. The van der Waals surface area contributed by atoms with Gasteiger partial charge in [0.25, 0.3) is 0 Å². The minimum absolute atomic E-state index is 0.380. The van der Waals surface area contributed by atoms with Crippen LogP contribution in [-0.4, -0.2) is 4.98 Å². The zero-order valence-corrected chi connectivity index (χ0v) is 15.0. The number of benzene rings is 3. The van der Waals surface area contributed by atoms with Crippen molar-refractivity contribution in [1.29, 1.82) is 0 Å². The highest BCUT2D eigenvalue weighted by Gasteiger charge is 2.13. The van der Waals surface area contributed by atoms with Crippen LogP contribution in [0.25, 0.3) is 33.0 Å². The smallest absolute Gasteiger partial charge is 0.345 e. The minimum Gasteiger partial charge on any atom is -0.422 e. The molecule has 0 saturated heterocycles. The van der Waals surface area contributed by atoms with Crippen LogP contribution >= 0.6 is 11.3 Å². The van der Waals surface area contributed by atoms with E-state index in [2.05, 4.69) is 10.3 Å². The minimum atomic E-state index is -0.380. The monoisotopic (exact) mass is 370 g/mol. The lowest BCUT2D eigenvalue weighted by Crippen LogP contribution is -2.03. The predicted molar refractivity (Wildman–Crippen MR) is 111 cm³/mol. The molecule has 5 aromatic rings. The Kier molecular flexibility index (Phi) is 3.73. The Labute approximate surface area is 158 Å². The van der Waals surface area contributed by atoms with Gasteiger partial charge in [0, 0.05) is 16.5 Å². The molecule has 4 nitrogen and oxygen atoms in total. The summed E-state index contributed by atoms with van der Waals surface area (Å²) in [5, 5.41) is 8.92. The van der Waals surface area contributed by atoms with Crippen molar-refractivity contribution in [2.75, 3.05) is 5.32 Å². The van der Waals surface area contributed by atoms with Gasteiger partial charge in [-0.2, -0.15) is 0 Å². The fraction of sp³-hybridized carbons (Fsp3) is 0. The maximum absolute atomic E-state index is 12.5. The van der Waals surface area contributed by atoms with E-state index in [4.69, 9.17) is 4.42 Å². The zero-order valence-electron chi connectivity index (χ0n) is 14.2. The third-order valence-corrected chi connectivity index (χ3v) is 5.20. The summed E-state index contributed by atoms with van der Waals surface area (Å²) in [6, 6.07) is 23.6. The molecule has 2 heterocycles. The molecule has 2 aromatic heterocycles. The molecular weight excluding hydrogens is 356 g/mol. The van der Waals surface area contributed by atoms with Crippen molar-refractivity contribution in [2.24, 2.45) is 0 Å². The Morgan fingerprint density at radius 3 is 2.59 bits per heavy atom. The van der Waals surface area contributed by atoms with Crippen molar-refractivity contribution in [2.45, 2.75) is 0 Å². The summed E-state index contributed by atoms with van der Waals surface area (Å²) in [4.78, 5) is 17.1. The molecule has 0 unspecified atom stereocenters. The highest BCUT2D eigenvalue weighted by atomic mass is 32.1. The topological polar surface area (TPSA) is 55.1 Å². The van der Waals surface area contributed by atoms with Crippen molar-refractivity contribution < 1.29 is 4.42 Å². The third-order valence-electron chi connectivity index (χ3n) is 4.45. The molecule has 0 amide bonds. The number of para-hydroxylation sites is 1. The Morgan fingerprint density at radius 1 is 0.889 bits per heavy atom. The van der Waals surface area contributed by atoms with E-state index in [9.17, 15) is 4.79 Å². The number of hydrogen-bond acceptors (Lipinski definition) is 5. The molecule has 0 aliphatic rings. The van der Waals surface area contributed by atoms with E-state index in [-0.39, 0.29) is 5.63 Å². The summed E-state index contributed by atoms with van der Waals surface area (Å²) in [7, 11) is 0. The summed E-state index contributed by atoms with van der Waals surface area (Å²) in [5.74, 6) is 0. The molecule has 27 heavy (non-hydrogen) atoms. The van der Waals surface area contributed by atoms with Crippen LogP contribution in [0, 0.1) is 0 Å². The molecule has 0 atom stereocenters. The Hall–Kier alpha value is -3.44. The van der Waals surface area contributed by atoms with Gasteiger partial charge < -0.3 is 9.73 Å². The Morgan fingerprint density at radius 2 is 1.70 bits per heavy atom. The maximum atomic E-state index is 12.5. The van der Waals surface area contributed by atoms with E-state index in [1.165, 1.54) is 11.3 Å². The number of hydrogen-bond donors (Lipinski definition) is 1. The number of nitrogens with one attached hydrogen (secondary N) is 1. The summed E-state index contributed by atoms with van der Waals surface area (Å²) < 4.78 is 5.57. The molecule has 3 aromatic carbocycles. The van der Waals surface area contributed by atoms with Gasteiger partial charge in [0.1, 0.15) is 5.58 Å². The van der Waals surface area contributed by atoms with Crippen LogP contribution in [0.3, 0.4) is 0 Å². The first kappa shape index (κ1) is 15.8. The van der Waals surface area contributed by atoms with Crippen LogP contribution in [0.1, 0.15) is 0 Å². The normalized spacial score (nSPS) is 11.1. The van der Waals surface area contributed by atoms with Gasteiger partial charge in [-0.3, -0.25) is 0 Å². The van der Waals surface area contributed by atoms with E-state index in [0.29, 0.717) is 16.8 Å². The molecule has 0 aliphatic carbocycles. The molecule has 130 valence electrons. The second-order valence-corrected chi connectivity index (χ2v) is 7.03. The molecular formula is C22H14N2O2S. The van der Waals surface area contributed by atoms with Crippen LogP contribution in [0.15, 0.2) is 87.4 Å². The lowest BCUT2D eigenvalue weighted by molar-refractivity contribution is 0.563. The molecule has 5 heteroatoms. The van der Waals surface area contributed by atoms with E-state index >= 15 is 0 Å². The maximum Gasteiger partial charge on any atom is 0.345 e. The van der Waals surface area contributed by atoms with Crippen LogP contribution in [0.5, 0.6) is 0 Å². The zero-order chi connectivity index (χ0) is 18.2. The lowest BCUT2D eigenvalue weighted by atomic mass is 10.0. The van der Waals surface area contributed by atoms with Gasteiger partial charge in [-0.05, 0) is 35.0 Å². The number of nitrogens with zero attached hydrogens (tertiary/aromatic N) is 1. The second kappa shape index (κ2) is 6.37. The average molecular weight is 370 g/mol. The van der Waals surface area contributed by atoms with E-state index in [1.807, 2.05) is 78.2 Å². The standard InChI is InChI=1S/C22H14N2O2S/c25-21-18(19-13-27-22(24-19)23-15-7-2-1-3-8-15)12-17-16-9-5-4-6-14(16)10-11-20(17)26-21/h1-13H,(H,23,24). The highest BCUT2D eigenvalue weighted by Crippen LogP contribution is 2.30. The van der Waals surface area contributed by atoms with Gasteiger partial charge in [0.15, 0.2) is 5.13 Å². The Balaban J connectivity index is 1.61. The van der Waals surface area contributed by atoms with Crippen LogP contribution in [0.2, 0.25) is 0 Å². The number of anilines is 2. The average Bonchev–Trinajstić information content (AvgIpc) is 3.16. The number of thiazole rings is 1. The largest absolute Gasteiger partial charge is 0.422 e. The first-order valence-electron chi connectivity index (χ1n) is 8.51. The summed E-state index contributed by atoms with van der Waals surface area (Å²) in [6.45, 7) is 0. The molecule has 1 N–H and O–H groups in total. The third kappa shape index (κ3) is 2.88. The fourth-order valence-corrected chi connectivity index (χ4v) is 3.88. The first-order valence-corrected chi connectivity index (χ1v) is 9.39. The second-order valence-electron chi connectivity index (χ2n) is 6.17. The summed E-state index contributed by atoms with van der Waals surface area (Å²) in [6.07, 6.45) is 0. The van der Waals surface area contributed by atoms with Crippen LogP contribution in [-0.2, 0) is 0 Å².